The Morgan fingerprint density at radius 2 is 2.00 bits per heavy atom. The number of hydrogen-bond acceptors (Lipinski definition) is 3. The number of piperidine rings is 1. The Kier molecular flexibility index (Phi) is 6.70. The summed E-state index contributed by atoms with van der Waals surface area (Å²) >= 11 is 0. The molecule has 21 heavy (non-hydrogen) atoms. The van der Waals surface area contributed by atoms with Crippen molar-refractivity contribution < 1.29 is 4.79 Å². The molecule has 0 saturated carbocycles. The third-order valence-electron chi connectivity index (χ3n) is 4.13. The van der Waals surface area contributed by atoms with Gasteiger partial charge in [0.25, 0.3) is 0 Å². The molecular formula is C17H27N3O. The number of rotatable bonds is 7. The van der Waals surface area contributed by atoms with Crippen LogP contribution in [0, 0.1) is 0 Å². The van der Waals surface area contributed by atoms with Crippen molar-refractivity contribution in [3.8, 4) is 0 Å². The van der Waals surface area contributed by atoms with Crippen LogP contribution in [-0.4, -0.2) is 50.1 Å². The van der Waals surface area contributed by atoms with Crippen molar-refractivity contribution in [1.29, 1.82) is 0 Å². The summed E-state index contributed by atoms with van der Waals surface area (Å²) in [6.45, 7) is 3.39. The highest BCUT2D eigenvalue weighted by Gasteiger charge is 2.19. The molecule has 4 nitrogen and oxygen atoms in total. The second-order valence-electron chi connectivity index (χ2n) is 5.84. The molecule has 1 fully saturated rings. The lowest BCUT2D eigenvalue weighted by molar-refractivity contribution is -0.122. The molecule has 1 saturated heterocycles. The second kappa shape index (κ2) is 8.80. The van der Waals surface area contributed by atoms with Gasteiger partial charge in [-0.2, -0.15) is 0 Å². The highest BCUT2D eigenvalue weighted by molar-refractivity contribution is 5.77. The fourth-order valence-electron chi connectivity index (χ4n) is 2.82. The van der Waals surface area contributed by atoms with E-state index in [0.717, 1.165) is 45.3 Å². The minimum Gasteiger partial charge on any atom is -0.355 e. The van der Waals surface area contributed by atoms with Crippen LogP contribution < -0.4 is 10.6 Å². The molecule has 4 heteroatoms. The minimum absolute atomic E-state index is 0.143. The number of aryl methyl sites for hydroxylation is 1. The molecule has 2 N–H and O–H groups in total. The zero-order chi connectivity index (χ0) is 14.9. The maximum absolute atomic E-state index is 11.9. The first-order valence-electron chi connectivity index (χ1n) is 7.97. The molecule has 0 aliphatic carbocycles. The monoisotopic (exact) mass is 289 g/mol. The first-order valence-corrected chi connectivity index (χ1v) is 7.97. The zero-order valence-corrected chi connectivity index (χ0v) is 13.0. The van der Waals surface area contributed by atoms with Gasteiger partial charge < -0.3 is 10.6 Å². The van der Waals surface area contributed by atoms with Crippen LogP contribution in [0.5, 0.6) is 0 Å². The van der Waals surface area contributed by atoms with Crippen LogP contribution in [0.3, 0.4) is 0 Å². The van der Waals surface area contributed by atoms with Crippen LogP contribution in [0.4, 0.5) is 0 Å². The lowest BCUT2D eigenvalue weighted by Crippen LogP contribution is -2.45. The Labute approximate surface area is 127 Å². The molecule has 1 heterocycles. The molecule has 1 amide bonds. The number of hydrogen-bond donors (Lipinski definition) is 2. The number of likely N-dealkylation sites (N-methyl/N-ethyl adjacent to an activating group) is 1. The molecule has 1 aromatic carbocycles. The second-order valence-corrected chi connectivity index (χ2v) is 5.84. The van der Waals surface area contributed by atoms with E-state index in [0.29, 0.717) is 12.6 Å². The highest BCUT2D eigenvalue weighted by Crippen LogP contribution is 2.09. The van der Waals surface area contributed by atoms with Gasteiger partial charge in [0.15, 0.2) is 0 Å². The molecule has 0 spiro atoms. The van der Waals surface area contributed by atoms with Crippen molar-refractivity contribution in [3.63, 3.8) is 0 Å². The predicted molar refractivity (Wildman–Crippen MR) is 86.3 cm³/mol. The average Bonchev–Trinajstić information content (AvgIpc) is 2.53. The lowest BCUT2D eigenvalue weighted by Gasteiger charge is -2.31. The van der Waals surface area contributed by atoms with Gasteiger partial charge in [0.05, 0.1) is 6.54 Å². The summed E-state index contributed by atoms with van der Waals surface area (Å²) in [5.41, 5.74) is 1.33. The van der Waals surface area contributed by atoms with Crippen LogP contribution in [0.1, 0.15) is 24.8 Å². The molecule has 1 aliphatic rings. The molecular weight excluding hydrogens is 262 g/mol. The summed E-state index contributed by atoms with van der Waals surface area (Å²) in [5, 5.41) is 6.38. The first-order chi connectivity index (χ1) is 10.3. The maximum atomic E-state index is 11.9. The molecule has 116 valence electrons. The topological polar surface area (TPSA) is 44.4 Å². The van der Waals surface area contributed by atoms with Crippen LogP contribution in [-0.2, 0) is 11.2 Å². The number of nitrogens with one attached hydrogen (secondary N) is 2. The van der Waals surface area contributed by atoms with Crippen LogP contribution in [0.2, 0.25) is 0 Å². The van der Waals surface area contributed by atoms with Gasteiger partial charge in [0.1, 0.15) is 0 Å². The van der Waals surface area contributed by atoms with Crippen molar-refractivity contribution in [2.24, 2.45) is 0 Å². The fraction of sp³-hybridized carbons (Fsp3) is 0.588. The SMILES string of the molecule is CN(CC(=O)NCCCc1ccccc1)C1CCNCC1. The molecule has 0 unspecified atom stereocenters. The van der Waals surface area contributed by atoms with Gasteiger partial charge in [-0.25, -0.2) is 0 Å². The minimum atomic E-state index is 0.143. The molecule has 1 aliphatic heterocycles. The van der Waals surface area contributed by atoms with E-state index in [4.69, 9.17) is 0 Å². The van der Waals surface area contributed by atoms with Gasteiger partial charge in [-0.15, -0.1) is 0 Å². The van der Waals surface area contributed by atoms with E-state index in [1.165, 1.54) is 5.56 Å². The normalized spacial score (nSPS) is 16.1. The van der Waals surface area contributed by atoms with E-state index in [2.05, 4.69) is 46.8 Å². The van der Waals surface area contributed by atoms with Crippen LogP contribution >= 0.6 is 0 Å². The quantitative estimate of drug-likeness (QED) is 0.746. The molecule has 1 aromatic rings. The van der Waals surface area contributed by atoms with E-state index in [-0.39, 0.29) is 5.91 Å². The molecule has 0 radical (unpaired) electrons. The number of carbonyl (C=O) groups excluding carboxylic acids is 1. The molecule has 2 rings (SSSR count). The van der Waals surface area contributed by atoms with Gasteiger partial charge in [-0.05, 0) is 51.4 Å². The van der Waals surface area contributed by atoms with E-state index < -0.39 is 0 Å². The lowest BCUT2D eigenvalue weighted by atomic mass is 10.1. The summed E-state index contributed by atoms with van der Waals surface area (Å²) < 4.78 is 0. The third kappa shape index (κ3) is 5.86. The maximum Gasteiger partial charge on any atom is 0.234 e. The highest BCUT2D eigenvalue weighted by atomic mass is 16.2. The summed E-state index contributed by atoms with van der Waals surface area (Å²) in [4.78, 5) is 14.1. The third-order valence-corrected chi connectivity index (χ3v) is 4.13. The molecule has 0 atom stereocenters. The summed E-state index contributed by atoms with van der Waals surface area (Å²) in [6, 6.07) is 11.0. The summed E-state index contributed by atoms with van der Waals surface area (Å²) in [6.07, 6.45) is 4.29. The standard InChI is InChI=1S/C17H27N3O/c1-20(16-9-12-18-13-10-16)14-17(21)19-11-5-8-15-6-3-2-4-7-15/h2-4,6-7,16,18H,5,8-14H2,1H3,(H,19,21). The van der Waals surface area contributed by atoms with E-state index in [1.807, 2.05) is 6.07 Å². The van der Waals surface area contributed by atoms with Crippen molar-refractivity contribution in [2.75, 3.05) is 33.2 Å². The number of benzene rings is 1. The first kappa shape index (κ1) is 16.0. The summed E-state index contributed by atoms with van der Waals surface area (Å²) in [5.74, 6) is 0.143. The zero-order valence-electron chi connectivity index (χ0n) is 13.0. The van der Waals surface area contributed by atoms with E-state index >= 15 is 0 Å². The fourth-order valence-corrected chi connectivity index (χ4v) is 2.82. The molecule has 0 bridgehead atoms. The Morgan fingerprint density at radius 3 is 2.71 bits per heavy atom. The van der Waals surface area contributed by atoms with E-state index in [1.54, 1.807) is 0 Å². The predicted octanol–water partition coefficient (Wildman–Crippen LogP) is 1.42. The number of nitrogens with zero attached hydrogens (tertiary/aromatic N) is 1. The molecule has 0 aromatic heterocycles. The largest absolute Gasteiger partial charge is 0.355 e. The van der Waals surface area contributed by atoms with Crippen molar-refractivity contribution in [2.45, 2.75) is 31.7 Å². The van der Waals surface area contributed by atoms with Gasteiger partial charge in [0.2, 0.25) is 5.91 Å². The Bertz CT molecular complexity index is 415. The average molecular weight is 289 g/mol. The van der Waals surface area contributed by atoms with Crippen LogP contribution in [0.25, 0.3) is 0 Å². The number of amides is 1. The Balaban J connectivity index is 1.58. The van der Waals surface area contributed by atoms with E-state index in [9.17, 15) is 4.79 Å². The Hall–Kier alpha value is -1.39. The van der Waals surface area contributed by atoms with Crippen molar-refractivity contribution in [1.82, 2.24) is 15.5 Å². The number of carbonyl (C=O) groups is 1. The van der Waals surface area contributed by atoms with Gasteiger partial charge in [0, 0.05) is 12.6 Å². The van der Waals surface area contributed by atoms with Crippen molar-refractivity contribution in [3.05, 3.63) is 35.9 Å². The summed E-state index contributed by atoms with van der Waals surface area (Å²) in [7, 11) is 2.06. The van der Waals surface area contributed by atoms with Gasteiger partial charge in [-0.3, -0.25) is 9.69 Å². The van der Waals surface area contributed by atoms with Gasteiger partial charge >= 0.3 is 0 Å². The smallest absolute Gasteiger partial charge is 0.234 e. The van der Waals surface area contributed by atoms with Gasteiger partial charge in [-0.1, -0.05) is 30.3 Å². The van der Waals surface area contributed by atoms with Crippen molar-refractivity contribution >= 4 is 5.91 Å². The van der Waals surface area contributed by atoms with Crippen LogP contribution in [0.15, 0.2) is 30.3 Å². The Morgan fingerprint density at radius 1 is 1.29 bits per heavy atom.